The molecule has 0 radical (unpaired) electrons. The van der Waals surface area contributed by atoms with E-state index in [2.05, 4.69) is 10.6 Å². The minimum absolute atomic E-state index is 0.0145. The zero-order valence-corrected chi connectivity index (χ0v) is 6.61. The van der Waals surface area contributed by atoms with Crippen molar-refractivity contribution in [3.05, 3.63) is 0 Å². The molecule has 0 spiro atoms. The van der Waals surface area contributed by atoms with Gasteiger partial charge in [0.05, 0.1) is 11.4 Å². The number of amides is 1. The molecule has 0 saturated carbocycles. The number of alkyl halides is 1. The summed E-state index contributed by atoms with van der Waals surface area (Å²) in [5.74, 6) is -0.0145. The molecule has 1 heterocycles. The molecule has 0 bridgehead atoms. The maximum absolute atomic E-state index is 10.5. The van der Waals surface area contributed by atoms with E-state index in [1.54, 1.807) is 0 Å². The van der Waals surface area contributed by atoms with E-state index in [1.165, 1.54) is 6.92 Å². The number of carbonyl (C=O) groups is 1. The number of nitrogens with one attached hydrogen (secondary N) is 2. The van der Waals surface area contributed by atoms with Gasteiger partial charge in [0.2, 0.25) is 5.91 Å². The second-order valence-electron chi connectivity index (χ2n) is 2.48. The van der Waals surface area contributed by atoms with Crippen LogP contribution in [0.5, 0.6) is 0 Å². The van der Waals surface area contributed by atoms with Crippen LogP contribution in [-0.2, 0) is 4.79 Å². The highest BCUT2D eigenvalue weighted by molar-refractivity contribution is 6.21. The van der Waals surface area contributed by atoms with Gasteiger partial charge in [0.1, 0.15) is 0 Å². The largest absolute Gasteiger partial charge is 0.351 e. The lowest BCUT2D eigenvalue weighted by Gasteiger charge is -2.12. The Kier molecular flexibility index (Phi) is 2.51. The van der Waals surface area contributed by atoms with Gasteiger partial charge in [-0.1, -0.05) is 0 Å². The Labute approximate surface area is 65.1 Å². The molecule has 1 amide bonds. The Balaban J connectivity index is 2.33. The SMILES string of the molecule is CC(=O)NC1CNCC1Cl. The predicted octanol–water partition coefficient (Wildman–Crippen LogP) is -0.298. The number of rotatable bonds is 1. The van der Waals surface area contributed by atoms with Crippen LogP contribution >= 0.6 is 11.6 Å². The van der Waals surface area contributed by atoms with Gasteiger partial charge in [-0.2, -0.15) is 0 Å². The summed E-state index contributed by atoms with van der Waals surface area (Å²) in [7, 11) is 0. The van der Waals surface area contributed by atoms with Gasteiger partial charge < -0.3 is 10.6 Å². The fourth-order valence-corrected chi connectivity index (χ4v) is 1.31. The molecule has 1 fully saturated rings. The maximum Gasteiger partial charge on any atom is 0.217 e. The number of halogens is 1. The van der Waals surface area contributed by atoms with Gasteiger partial charge in [0.15, 0.2) is 0 Å². The van der Waals surface area contributed by atoms with E-state index < -0.39 is 0 Å². The van der Waals surface area contributed by atoms with Crippen LogP contribution in [0, 0.1) is 0 Å². The summed E-state index contributed by atoms with van der Waals surface area (Å²) in [6.07, 6.45) is 0. The number of hydrogen-bond acceptors (Lipinski definition) is 2. The van der Waals surface area contributed by atoms with Gasteiger partial charge >= 0.3 is 0 Å². The fraction of sp³-hybridized carbons (Fsp3) is 0.833. The topological polar surface area (TPSA) is 41.1 Å². The molecule has 10 heavy (non-hydrogen) atoms. The van der Waals surface area contributed by atoms with Crippen LogP contribution in [0.15, 0.2) is 0 Å². The quantitative estimate of drug-likeness (QED) is 0.520. The molecule has 1 aliphatic heterocycles. The standard InChI is InChI=1S/C6H11ClN2O/c1-4(10)9-6-3-8-2-5(6)7/h5-6,8H,2-3H2,1H3,(H,9,10). The Bertz CT molecular complexity index is 140. The van der Waals surface area contributed by atoms with Crippen LogP contribution in [0.25, 0.3) is 0 Å². The molecule has 0 aromatic carbocycles. The molecule has 0 aromatic rings. The number of carbonyl (C=O) groups excluding carboxylic acids is 1. The first-order chi connectivity index (χ1) is 4.70. The first kappa shape index (κ1) is 7.82. The third-order valence-electron chi connectivity index (χ3n) is 1.53. The van der Waals surface area contributed by atoms with Crippen LogP contribution in [0.4, 0.5) is 0 Å². The van der Waals surface area contributed by atoms with Crippen LogP contribution in [0.2, 0.25) is 0 Å². The van der Waals surface area contributed by atoms with Crippen molar-refractivity contribution in [1.82, 2.24) is 10.6 Å². The van der Waals surface area contributed by atoms with Gasteiger partial charge in [-0.05, 0) is 0 Å². The van der Waals surface area contributed by atoms with Crippen molar-refractivity contribution in [2.24, 2.45) is 0 Å². The van der Waals surface area contributed by atoms with Crippen molar-refractivity contribution in [2.75, 3.05) is 13.1 Å². The molecule has 1 rings (SSSR count). The molecular formula is C6H11ClN2O. The van der Waals surface area contributed by atoms with Crippen molar-refractivity contribution >= 4 is 17.5 Å². The van der Waals surface area contributed by atoms with E-state index in [0.29, 0.717) is 0 Å². The molecule has 2 unspecified atom stereocenters. The second kappa shape index (κ2) is 3.21. The van der Waals surface area contributed by atoms with E-state index in [9.17, 15) is 4.79 Å². The van der Waals surface area contributed by atoms with E-state index in [1.807, 2.05) is 0 Å². The molecule has 2 atom stereocenters. The highest BCUT2D eigenvalue weighted by Crippen LogP contribution is 2.06. The molecule has 58 valence electrons. The molecule has 3 nitrogen and oxygen atoms in total. The second-order valence-corrected chi connectivity index (χ2v) is 3.04. The lowest BCUT2D eigenvalue weighted by Crippen LogP contribution is -2.39. The monoisotopic (exact) mass is 162 g/mol. The van der Waals surface area contributed by atoms with E-state index in [-0.39, 0.29) is 17.3 Å². The summed E-state index contributed by atoms with van der Waals surface area (Å²) in [5, 5.41) is 5.88. The Morgan fingerprint density at radius 2 is 2.40 bits per heavy atom. The predicted molar refractivity (Wildman–Crippen MR) is 40.1 cm³/mol. The molecule has 1 saturated heterocycles. The maximum atomic E-state index is 10.5. The summed E-state index contributed by atoms with van der Waals surface area (Å²) in [4.78, 5) is 10.5. The summed E-state index contributed by atoms with van der Waals surface area (Å²) in [6, 6.07) is 0.110. The normalized spacial score (nSPS) is 32.2. The van der Waals surface area contributed by atoms with Gasteiger partial charge in [0.25, 0.3) is 0 Å². The molecule has 2 N–H and O–H groups in total. The van der Waals surface area contributed by atoms with Crippen molar-refractivity contribution in [3.8, 4) is 0 Å². The van der Waals surface area contributed by atoms with Crippen molar-refractivity contribution in [2.45, 2.75) is 18.3 Å². The van der Waals surface area contributed by atoms with Gasteiger partial charge in [-0.3, -0.25) is 4.79 Å². The molecule has 1 aliphatic rings. The summed E-state index contributed by atoms with van der Waals surface area (Å²) >= 11 is 5.85. The van der Waals surface area contributed by atoms with Crippen LogP contribution in [-0.4, -0.2) is 30.4 Å². The van der Waals surface area contributed by atoms with Gasteiger partial charge in [-0.25, -0.2) is 0 Å². The molecule has 0 aliphatic carbocycles. The zero-order chi connectivity index (χ0) is 7.56. The van der Waals surface area contributed by atoms with Crippen molar-refractivity contribution in [1.29, 1.82) is 0 Å². The summed E-state index contributed by atoms with van der Waals surface area (Å²) < 4.78 is 0. The number of hydrogen-bond donors (Lipinski definition) is 2. The van der Waals surface area contributed by atoms with Gasteiger partial charge in [-0.15, -0.1) is 11.6 Å². The lowest BCUT2D eigenvalue weighted by atomic mass is 10.2. The van der Waals surface area contributed by atoms with E-state index in [0.717, 1.165) is 13.1 Å². The first-order valence-electron chi connectivity index (χ1n) is 3.32. The first-order valence-corrected chi connectivity index (χ1v) is 3.75. The van der Waals surface area contributed by atoms with E-state index >= 15 is 0 Å². The Morgan fingerprint density at radius 3 is 2.80 bits per heavy atom. The highest BCUT2D eigenvalue weighted by Gasteiger charge is 2.24. The smallest absolute Gasteiger partial charge is 0.217 e. The average Bonchev–Trinajstić information content (AvgIpc) is 2.15. The van der Waals surface area contributed by atoms with Gasteiger partial charge in [0, 0.05) is 20.0 Å². The lowest BCUT2D eigenvalue weighted by molar-refractivity contribution is -0.119. The van der Waals surface area contributed by atoms with E-state index in [4.69, 9.17) is 11.6 Å². The van der Waals surface area contributed by atoms with Crippen LogP contribution in [0.1, 0.15) is 6.92 Å². The summed E-state index contributed by atoms with van der Waals surface area (Å²) in [6.45, 7) is 3.07. The minimum Gasteiger partial charge on any atom is -0.351 e. The van der Waals surface area contributed by atoms with Crippen molar-refractivity contribution in [3.63, 3.8) is 0 Å². The highest BCUT2D eigenvalue weighted by atomic mass is 35.5. The van der Waals surface area contributed by atoms with Crippen LogP contribution < -0.4 is 10.6 Å². The van der Waals surface area contributed by atoms with Crippen LogP contribution in [0.3, 0.4) is 0 Å². The summed E-state index contributed by atoms with van der Waals surface area (Å²) in [5.41, 5.74) is 0. The third-order valence-corrected chi connectivity index (χ3v) is 1.99. The molecule has 4 heteroatoms. The third kappa shape index (κ3) is 1.85. The minimum atomic E-state index is -0.0145. The average molecular weight is 163 g/mol. The Hall–Kier alpha value is -0.280. The fourth-order valence-electron chi connectivity index (χ4n) is 1.05. The molecular weight excluding hydrogens is 152 g/mol. The molecule has 0 aromatic heterocycles. The Morgan fingerprint density at radius 1 is 1.70 bits per heavy atom. The van der Waals surface area contributed by atoms with Crippen molar-refractivity contribution < 1.29 is 4.79 Å². The zero-order valence-electron chi connectivity index (χ0n) is 5.86.